The number of aromatic nitrogens is 3. The number of carbonyl (C=O) groups excluding carboxylic acids is 1. The van der Waals surface area contributed by atoms with E-state index in [-0.39, 0.29) is 23.8 Å². The molecular weight excluding hydrogens is 366 g/mol. The second-order valence-corrected chi connectivity index (χ2v) is 7.51. The maximum Gasteiger partial charge on any atom is 0.222 e. The third-order valence-electron chi connectivity index (χ3n) is 4.87. The number of pyridine rings is 1. The average molecular weight is 393 g/mol. The van der Waals surface area contributed by atoms with Crippen molar-refractivity contribution in [3.05, 3.63) is 35.2 Å². The van der Waals surface area contributed by atoms with Gasteiger partial charge in [0.2, 0.25) is 11.9 Å². The van der Waals surface area contributed by atoms with Crippen LogP contribution >= 0.6 is 0 Å². The number of aryl methyl sites for hydroxylation is 1. The maximum atomic E-state index is 12.0. The Kier molecular flexibility index (Phi) is 6.17. The van der Waals surface area contributed by atoms with Crippen LogP contribution in [0.2, 0.25) is 0 Å². The molecule has 1 saturated heterocycles. The molecule has 0 spiro atoms. The third-order valence-corrected chi connectivity index (χ3v) is 4.87. The molecule has 1 fully saturated rings. The normalized spacial score (nSPS) is 14.4. The SMILES string of the molecule is Cc1nc(N)nc(N2CCC(NC(=O)C(C)C)CC2)c1C#Cc1ccc(N)nc1. The number of hydrogen-bond donors (Lipinski definition) is 3. The Morgan fingerprint density at radius 2 is 1.93 bits per heavy atom. The molecule has 29 heavy (non-hydrogen) atoms. The lowest BCUT2D eigenvalue weighted by atomic mass is 10.0. The zero-order chi connectivity index (χ0) is 21.0. The molecule has 2 aromatic rings. The van der Waals surface area contributed by atoms with Crippen molar-refractivity contribution >= 4 is 23.5 Å². The van der Waals surface area contributed by atoms with E-state index in [0.29, 0.717) is 5.82 Å². The highest BCUT2D eigenvalue weighted by molar-refractivity contribution is 5.78. The molecule has 8 nitrogen and oxygen atoms in total. The van der Waals surface area contributed by atoms with Gasteiger partial charge >= 0.3 is 0 Å². The third kappa shape index (κ3) is 5.13. The van der Waals surface area contributed by atoms with E-state index < -0.39 is 0 Å². The summed E-state index contributed by atoms with van der Waals surface area (Å²) < 4.78 is 0. The second kappa shape index (κ2) is 8.78. The Morgan fingerprint density at radius 3 is 2.55 bits per heavy atom. The number of nitrogen functional groups attached to an aromatic ring is 2. The quantitative estimate of drug-likeness (QED) is 0.675. The summed E-state index contributed by atoms with van der Waals surface area (Å²) in [4.78, 5) is 26.9. The van der Waals surface area contributed by atoms with Crippen LogP contribution in [0.25, 0.3) is 0 Å². The lowest BCUT2D eigenvalue weighted by Crippen LogP contribution is -2.46. The van der Waals surface area contributed by atoms with Crippen molar-refractivity contribution in [2.45, 2.75) is 39.7 Å². The Morgan fingerprint density at radius 1 is 1.21 bits per heavy atom. The summed E-state index contributed by atoms with van der Waals surface area (Å²) >= 11 is 0. The van der Waals surface area contributed by atoms with Gasteiger partial charge in [-0.2, -0.15) is 4.98 Å². The van der Waals surface area contributed by atoms with Gasteiger partial charge < -0.3 is 21.7 Å². The summed E-state index contributed by atoms with van der Waals surface area (Å²) in [6, 6.07) is 3.72. The highest BCUT2D eigenvalue weighted by Gasteiger charge is 2.24. The van der Waals surface area contributed by atoms with Crippen LogP contribution in [0.4, 0.5) is 17.6 Å². The van der Waals surface area contributed by atoms with E-state index in [1.54, 1.807) is 12.3 Å². The van der Waals surface area contributed by atoms with Crippen molar-refractivity contribution in [3.63, 3.8) is 0 Å². The minimum absolute atomic E-state index is 0.0120. The van der Waals surface area contributed by atoms with Crippen LogP contribution in [-0.4, -0.2) is 40.0 Å². The van der Waals surface area contributed by atoms with Crippen molar-refractivity contribution in [1.82, 2.24) is 20.3 Å². The Balaban J connectivity index is 1.80. The lowest BCUT2D eigenvalue weighted by Gasteiger charge is -2.34. The van der Waals surface area contributed by atoms with Gasteiger partial charge in [0.15, 0.2) is 0 Å². The zero-order valence-electron chi connectivity index (χ0n) is 17.1. The van der Waals surface area contributed by atoms with Gasteiger partial charge in [-0.15, -0.1) is 0 Å². The molecule has 0 bridgehead atoms. The van der Waals surface area contributed by atoms with Crippen LogP contribution in [0.15, 0.2) is 18.3 Å². The fourth-order valence-corrected chi connectivity index (χ4v) is 3.17. The van der Waals surface area contributed by atoms with E-state index >= 15 is 0 Å². The van der Waals surface area contributed by atoms with Crippen LogP contribution in [0.5, 0.6) is 0 Å². The number of rotatable bonds is 3. The van der Waals surface area contributed by atoms with Gasteiger partial charge in [0.1, 0.15) is 11.6 Å². The van der Waals surface area contributed by atoms with E-state index in [9.17, 15) is 4.79 Å². The first-order valence-corrected chi connectivity index (χ1v) is 9.76. The second-order valence-electron chi connectivity index (χ2n) is 7.51. The topological polar surface area (TPSA) is 123 Å². The minimum atomic E-state index is -0.0120. The van der Waals surface area contributed by atoms with Crippen molar-refractivity contribution < 1.29 is 4.79 Å². The molecule has 3 heterocycles. The zero-order valence-corrected chi connectivity index (χ0v) is 17.1. The van der Waals surface area contributed by atoms with E-state index in [4.69, 9.17) is 11.5 Å². The van der Waals surface area contributed by atoms with Crippen LogP contribution in [0.3, 0.4) is 0 Å². The molecule has 0 aromatic carbocycles. The number of amides is 1. The molecule has 0 unspecified atom stereocenters. The van der Waals surface area contributed by atoms with Gasteiger partial charge in [0, 0.05) is 36.8 Å². The van der Waals surface area contributed by atoms with Crippen molar-refractivity contribution in [1.29, 1.82) is 0 Å². The molecule has 3 rings (SSSR count). The van der Waals surface area contributed by atoms with Gasteiger partial charge in [-0.25, -0.2) is 9.97 Å². The number of piperidine rings is 1. The summed E-state index contributed by atoms with van der Waals surface area (Å²) in [6.07, 6.45) is 3.32. The molecule has 5 N–H and O–H groups in total. The smallest absolute Gasteiger partial charge is 0.222 e. The molecule has 1 aliphatic heterocycles. The Labute approximate surface area is 171 Å². The molecule has 0 aliphatic carbocycles. The number of nitrogens with one attached hydrogen (secondary N) is 1. The first-order valence-electron chi connectivity index (χ1n) is 9.76. The lowest BCUT2D eigenvalue weighted by molar-refractivity contribution is -0.124. The summed E-state index contributed by atoms with van der Waals surface area (Å²) in [7, 11) is 0. The first-order chi connectivity index (χ1) is 13.8. The van der Waals surface area contributed by atoms with Crippen LogP contribution in [0.1, 0.15) is 43.5 Å². The van der Waals surface area contributed by atoms with E-state index in [1.165, 1.54) is 0 Å². The molecule has 0 radical (unpaired) electrons. The highest BCUT2D eigenvalue weighted by atomic mass is 16.1. The molecule has 1 amide bonds. The van der Waals surface area contributed by atoms with Crippen LogP contribution in [-0.2, 0) is 4.79 Å². The van der Waals surface area contributed by atoms with Gasteiger partial charge in [-0.3, -0.25) is 4.79 Å². The molecule has 1 aliphatic rings. The number of carbonyl (C=O) groups is 1. The maximum absolute atomic E-state index is 12.0. The van der Waals surface area contributed by atoms with Gasteiger partial charge in [0.25, 0.3) is 0 Å². The van der Waals surface area contributed by atoms with E-state index in [0.717, 1.165) is 48.6 Å². The summed E-state index contributed by atoms with van der Waals surface area (Å²) in [5.74, 6) is 7.78. The van der Waals surface area contributed by atoms with Gasteiger partial charge in [0.05, 0.1) is 11.3 Å². The fourth-order valence-electron chi connectivity index (χ4n) is 3.17. The summed E-state index contributed by atoms with van der Waals surface area (Å²) in [5.41, 5.74) is 13.8. The Bertz CT molecular complexity index is 936. The van der Waals surface area contributed by atoms with Gasteiger partial charge in [-0.1, -0.05) is 25.7 Å². The monoisotopic (exact) mass is 393 g/mol. The molecule has 2 aromatic heterocycles. The van der Waals surface area contributed by atoms with Crippen molar-refractivity contribution in [3.8, 4) is 11.8 Å². The van der Waals surface area contributed by atoms with Gasteiger partial charge in [-0.05, 0) is 31.9 Å². The standard InChI is InChI=1S/C21H27N7O/c1-13(2)20(29)26-16-8-10-28(11-9-16)19-17(14(3)25-21(23)27-19)6-4-15-5-7-18(22)24-12-15/h5,7,12-13,16H,8-11H2,1-3H3,(H2,22,24)(H,26,29)(H2,23,25,27). The predicted octanol–water partition coefficient (Wildman–Crippen LogP) is 1.49. The van der Waals surface area contributed by atoms with Crippen LogP contribution in [0, 0.1) is 24.7 Å². The first kappa shape index (κ1) is 20.4. The van der Waals surface area contributed by atoms with E-state index in [2.05, 4.69) is 37.0 Å². The average Bonchev–Trinajstić information content (AvgIpc) is 2.68. The van der Waals surface area contributed by atoms with Crippen molar-refractivity contribution in [2.75, 3.05) is 29.5 Å². The Hall–Kier alpha value is -3.34. The predicted molar refractivity (Wildman–Crippen MR) is 114 cm³/mol. The molecule has 152 valence electrons. The molecule has 8 heteroatoms. The number of nitrogens with zero attached hydrogens (tertiary/aromatic N) is 4. The molecule has 0 saturated carbocycles. The molecular formula is C21H27N7O. The highest BCUT2D eigenvalue weighted by Crippen LogP contribution is 2.24. The molecule has 0 atom stereocenters. The fraction of sp³-hybridized carbons (Fsp3) is 0.429. The number of hydrogen-bond acceptors (Lipinski definition) is 7. The minimum Gasteiger partial charge on any atom is -0.384 e. The summed E-state index contributed by atoms with van der Waals surface area (Å²) in [5, 5.41) is 3.11. The number of nitrogens with two attached hydrogens (primary N) is 2. The van der Waals surface area contributed by atoms with Crippen molar-refractivity contribution in [2.24, 2.45) is 5.92 Å². The van der Waals surface area contributed by atoms with E-state index in [1.807, 2.05) is 26.8 Å². The van der Waals surface area contributed by atoms with Crippen LogP contribution < -0.4 is 21.7 Å². The summed E-state index contributed by atoms with van der Waals surface area (Å²) in [6.45, 7) is 7.20. The largest absolute Gasteiger partial charge is 0.384 e. The number of anilines is 3.